The third-order valence-corrected chi connectivity index (χ3v) is 6.29. The van der Waals surface area contributed by atoms with E-state index >= 15 is 0 Å². The Hall–Kier alpha value is -2.24. The highest BCUT2D eigenvalue weighted by Crippen LogP contribution is 2.40. The summed E-state index contributed by atoms with van der Waals surface area (Å²) in [6.07, 6.45) is 10.1. The Bertz CT molecular complexity index is 766. The topological polar surface area (TPSA) is 57.8 Å². The number of halogens is 2. The molecule has 4 nitrogen and oxygen atoms in total. The molecule has 0 unspecified atom stereocenters. The first-order valence-corrected chi connectivity index (χ1v) is 9.85. The van der Waals surface area contributed by atoms with Gasteiger partial charge in [0.25, 0.3) is 0 Å². The molecule has 0 spiro atoms. The first-order chi connectivity index (χ1) is 13.1. The van der Waals surface area contributed by atoms with Crippen molar-refractivity contribution in [3.05, 3.63) is 53.4 Å². The van der Waals surface area contributed by atoms with Crippen LogP contribution in [0.25, 0.3) is 0 Å². The maximum Gasteiger partial charge on any atom is 0.223 e. The molecular weight excluding hydrogens is 348 g/mol. The van der Waals surface area contributed by atoms with E-state index in [-0.39, 0.29) is 29.2 Å². The van der Waals surface area contributed by atoms with Crippen LogP contribution in [0.5, 0.6) is 0 Å². The maximum atomic E-state index is 14.4. The van der Waals surface area contributed by atoms with E-state index < -0.39 is 17.7 Å². The number of nitrogens with one attached hydrogen (secondary N) is 2. The fraction of sp³-hybridized carbons (Fsp3) is 0.524. The molecule has 1 aromatic carbocycles. The summed E-state index contributed by atoms with van der Waals surface area (Å²) in [6.45, 7) is 0. The SMILES string of the molecule is O=C(N[C@H](c1c(F)cccc1F)C1CCCC1)[C@H]1CC[C@H]1Cc1cn[nH]c1. The van der Waals surface area contributed by atoms with Gasteiger partial charge in [-0.25, -0.2) is 8.78 Å². The molecule has 1 heterocycles. The number of aromatic nitrogens is 2. The van der Waals surface area contributed by atoms with Crippen molar-refractivity contribution in [2.75, 3.05) is 0 Å². The number of H-pyrrole nitrogens is 1. The average molecular weight is 373 g/mol. The Labute approximate surface area is 157 Å². The van der Waals surface area contributed by atoms with Crippen molar-refractivity contribution in [1.82, 2.24) is 15.5 Å². The molecule has 1 aromatic heterocycles. The van der Waals surface area contributed by atoms with Crippen LogP contribution in [0, 0.1) is 29.4 Å². The van der Waals surface area contributed by atoms with Gasteiger partial charge in [0.05, 0.1) is 12.2 Å². The van der Waals surface area contributed by atoms with E-state index in [9.17, 15) is 13.6 Å². The smallest absolute Gasteiger partial charge is 0.223 e. The second-order valence-electron chi connectivity index (χ2n) is 7.92. The van der Waals surface area contributed by atoms with Crippen LogP contribution < -0.4 is 5.32 Å². The molecule has 2 aliphatic rings. The van der Waals surface area contributed by atoms with Crippen LogP contribution in [0.1, 0.15) is 55.7 Å². The van der Waals surface area contributed by atoms with Crippen LogP contribution in [-0.2, 0) is 11.2 Å². The lowest BCUT2D eigenvalue weighted by Gasteiger charge is -2.37. The van der Waals surface area contributed by atoms with Crippen molar-refractivity contribution >= 4 is 5.91 Å². The number of hydrogen-bond donors (Lipinski definition) is 2. The molecule has 2 N–H and O–H groups in total. The summed E-state index contributed by atoms with van der Waals surface area (Å²) in [7, 11) is 0. The highest BCUT2D eigenvalue weighted by atomic mass is 19.1. The van der Waals surface area contributed by atoms with E-state index in [1.54, 1.807) is 6.20 Å². The summed E-state index contributed by atoms with van der Waals surface area (Å²) in [6, 6.07) is 3.33. The van der Waals surface area contributed by atoms with Crippen molar-refractivity contribution in [2.45, 2.75) is 51.0 Å². The van der Waals surface area contributed by atoms with E-state index in [0.717, 1.165) is 50.5 Å². The zero-order valence-electron chi connectivity index (χ0n) is 15.3. The minimum atomic E-state index is -0.587. The first-order valence-electron chi connectivity index (χ1n) is 9.85. The fourth-order valence-electron chi connectivity index (χ4n) is 4.64. The lowest BCUT2D eigenvalue weighted by atomic mass is 9.70. The second-order valence-corrected chi connectivity index (χ2v) is 7.92. The lowest BCUT2D eigenvalue weighted by Crippen LogP contribution is -2.44. The number of benzene rings is 1. The predicted molar refractivity (Wildman–Crippen MR) is 97.7 cm³/mol. The van der Waals surface area contributed by atoms with E-state index in [0.29, 0.717) is 0 Å². The predicted octanol–water partition coefficient (Wildman–Crippen LogP) is 4.30. The summed E-state index contributed by atoms with van der Waals surface area (Å²) >= 11 is 0. The largest absolute Gasteiger partial charge is 0.349 e. The van der Waals surface area contributed by atoms with Gasteiger partial charge in [0.15, 0.2) is 0 Å². The van der Waals surface area contributed by atoms with Gasteiger partial charge in [-0.05, 0) is 61.6 Å². The standard InChI is InChI=1S/C21H25F2N3O/c22-17-6-3-7-18(23)19(17)20(14-4-1-2-5-14)26-21(27)16-9-8-15(16)10-13-11-24-25-12-13/h3,6-7,11-12,14-16,20H,1-2,4-5,8-10H2,(H,24,25)(H,26,27)/t15-,16-,20-/m0/s1. The summed E-state index contributed by atoms with van der Waals surface area (Å²) < 4.78 is 28.9. The molecule has 2 aliphatic carbocycles. The minimum Gasteiger partial charge on any atom is -0.349 e. The molecule has 2 aromatic rings. The van der Waals surface area contributed by atoms with Gasteiger partial charge in [-0.3, -0.25) is 9.89 Å². The zero-order valence-corrected chi connectivity index (χ0v) is 15.3. The number of hydrogen-bond acceptors (Lipinski definition) is 2. The Morgan fingerprint density at radius 3 is 2.52 bits per heavy atom. The molecule has 0 saturated heterocycles. The summed E-state index contributed by atoms with van der Waals surface area (Å²) in [5.41, 5.74) is 1.11. The van der Waals surface area contributed by atoms with Crippen molar-refractivity contribution in [3.63, 3.8) is 0 Å². The van der Waals surface area contributed by atoms with Crippen LogP contribution in [0.4, 0.5) is 8.78 Å². The van der Waals surface area contributed by atoms with Crippen LogP contribution in [0.3, 0.4) is 0 Å². The molecule has 0 aliphatic heterocycles. The number of nitrogens with zero attached hydrogens (tertiary/aromatic N) is 1. The third-order valence-electron chi connectivity index (χ3n) is 6.29. The highest BCUT2D eigenvalue weighted by Gasteiger charge is 2.39. The second kappa shape index (κ2) is 7.79. The molecule has 3 atom stereocenters. The molecule has 144 valence electrons. The molecule has 0 bridgehead atoms. The van der Waals surface area contributed by atoms with Crippen LogP contribution in [0.2, 0.25) is 0 Å². The molecule has 27 heavy (non-hydrogen) atoms. The maximum absolute atomic E-state index is 14.4. The van der Waals surface area contributed by atoms with Crippen molar-refractivity contribution < 1.29 is 13.6 Å². The molecule has 2 fully saturated rings. The monoisotopic (exact) mass is 373 g/mol. The lowest BCUT2D eigenvalue weighted by molar-refractivity contribution is -0.131. The highest BCUT2D eigenvalue weighted by molar-refractivity contribution is 5.80. The van der Waals surface area contributed by atoms with Crippen molar-refractivity contribution in [1.29, 1.82) is 0 Å². The van der Waals surface area contributed by atoms with E-state index in [1.165, 1.54) is 18.2 Å². The van der Waals surface area contributed by atoms with Crippen molar-refractivity contribution in [2.24, 2.45) is 17.8 Å². The van der Waals surface area contributed by atoms with Crippen LogP contribution >= 0.6 is 0 Å². The van der Waals surface area contributed by atoms with Gasteiger partial charge in [0, 0.05) is 17.7 Å². The van der Waals surface area contributed by atoms with Crippen LogP contribution in [-0.4, -0.2) is 16.1 Å². The molecular formula is C21H25F2N3O. The summed E-state index contributed by atoms with van der Waals surface area (Å²) in [4.78, 5) is 12.9. The van der Waals surface area contributed by atoms with Gasteiger partial charge in [-0.15, -0.1) is 0 Å². The van der Waals surface area contributed by atoms with Gasteiger partial charge in [0.2, 0.25) is 5.91 Å². The van der Waals surface area contributed by atoms with Gasteiger partial charge in [0.1, 0.15) is 11.6 Å². The zero-order chi connectivity index (χ0) is 18.8. The number of aromatic amines is 1. The van der Waals surface area contributed by atoms with Gasteiger partial charge >= 0.3 is 0 Å². The number of amides is 1. The fourth-order valence-corrected chi connectivity index (χ4v) is 4.64. The minimum absolute atomic E-state index is 0.0171. The van der Waals surface area contributed by atoms with Crippen molar-refractivity contribution in [3.8, 4) is 0 Å². The third kappa shape index (κ3) is 3.75. The summed E-state index contributed by atoms with van der Waals surface area (Å²) in [5.74, 6) is -0.968. The molecule has 4 rings (SSSR count). The van der Waals surface area contributed by atoms with E-state index in [2.05, 4.69) is 15.5 Å². The van der Waals surface area contributed by atoms with Gasteiger partial charge < -0.3 is 5.32 Å². The Morgan fingerprint density at radius 1 is 1.19 bits per heavy atom. The Balaban J connectivity index is 1.50. The first kappa shape index (κ1) is 18.1. The molecule has 2 saturated carbocycles. The number of carbonyl (C=O) groups excluding carboxylic acids is 1. The number of rotatable bonds is 6. The summed E-state index contributed by atoms with van der Waals surface area (Å²) in [5, 5.41) is 9.78. The molecule has 0 radical (unpaired) electrons. The van der Waals surface area contributed by atoms with E-state index in [4.69, 9.17) is 0 Å². The van der Waals surface area contributed by atoms with Gasteiger partial charge in [-0.2, -0.15) is 5.10 Å². The Kier molecular flexibility index (Phi) is 5.23. The van der Waals surface area contributed by atoms with E-state index in [1.807, 2.05) is 6.20 Å². The Morgan fingerprint density at radius 2 is 1.93 bits per heavy atom. The normalized spacial score (nSPS) is 23.8. The quantitative estimate of drug-likeness (QED) is 0.793. The van der Waals surface area contributed by atoms with Gasteiger partial charge in [-0.1, -0.05) is 18.9 Å². The number of carbonyl (C=O) groups is 1. The van der Waals surface area contributed by atoms with Crippen LogP contribution in [0.15, 0.2) is 30.6 Å². The average Bonchev–Trinajstić information content (AvgIpc) is 3.31. The molecule has 1 amide bonds. The molecule has 6 heteroatoms.